The molecule has 0 aromatic heterocycles. The second-order valence-corrected chi connectivity index (χ2v) is 6.63. The normalized spacial score (nSPS) is 27.9. The molecule has 2 unspecified atom stereocenters. The minimum absolute atomic E-state index is 0.381. The number of benzene rings is 1. The number of hydrogen-bond acceptors (Lipinski definition) is 1. The van der Waals surface area contributed by atoms with Crippen LogP contribution in [0.4, 0.5) is 0 Å². The molecule has 19 heavy (non-hydrogen) atoms. The summed E-state index contributed by atoms with van der Waals surface area (Å²) in [5, 5.41) is 3.82. The summed E-state index contributed by atoms with van der Waals surface area (Å²) in [7, 11) is 0. The van der Waals surface area contributed by atoms with Crippen molar-refractivity contribution < 1.29 is 0 Å². The van der Waals surface area contributed by atoms with Gasteiger partial charge in [0.1, 0.15) is 0 Å². The smallest absolute Gasteiger partial charge is 0.0106 e. The molecule has 2 aliphatic carbocycles. The Morgan fingerprint density at radius 2 is 2.11 bits per heavy atom. The largest absolute Gasteiger partial charge is 0.313 e. The molecule has 0 amide bonds. The van der Waals surface area contributed by atoms with Gasteiger partial charge in [-0.2, -0.15) is 0 Å². The highest BCUT2D eigenvalue weighted by molar-refractivity contribution is 5.38. The van der Waals surface area contributed by atoms with Gasteiger partial charge in [-0.05, 0) is 49.1 Å². The van der Waals surface area contributed by atoms with Crippen LogP contribution in [0.1, 0.15) is 57.1 Å². The van der Waals surface area contributed by atoms with Gasteiger partial charge in [0.15, 0.2) is 0 Å². The predicted octanol–water partition coefficient (Wildman–Crippen LogP) is 4.06. The van der Waals surface area contributed by atoms with Gasteiger partial charge >= 0.3 is 0 Å². The van der Waals surface area contributed by atoms with Crippen molar-refractivity contribution in [1.82, 2.24) is 5.32 Å². The van der Waals surface area contributed by atoms with E-state index < -0.39 is 0 Å². The Morgan fingerprint density at radius 3 is 2.84 bits per heavy atom. The molecule has 1 nitrogen and oxygen atoms in total. The molecule has 0 bridgehead atoms. The summed E-state index contributed by atoms with van der Waals surface area (Å²) < 4.78 is 0. The first-order valence-electron chi connectivity index (χ1n) is 8.08. The Kier molecular flexibility index (Phi) is 3.66. The van der Waals surface area contributed by atoms with Crippen LogP contribution in [0.3, 0.4) is 0 Å². The zero-order chi connectivity index (χ0) is 13.3. The number of rotatable bonds is 5. The first kappa shape index (κ1) is 13.2. The maximum Gasteiger partial charge on any atom is 0.0106 e. The average molecular weight is 257 g/mol. The van der Waals surface area contributed by atoms with Crippen molar-refractivity contribution in [3.8, 4) is 0 Å². The molecule has 1 N–H and O–H groups in total. The third-order valence-corrected chi connectivity index (χ3v) is 5.46. The topological polar surface area (TPSA) is 12.0 Å². The van der Waals surface area contributed by atoms with Crippen LogP contribution in [0, 0.1) is 5.92 Å². The van der Waals surface area contributed by atoms with E-state index in [4.69, 9.17) is 0 Å². The second-order valence-electron chi connectivity index (χ2n) is 6.63. The van der Waals surface area contributed by atoms with Crippen LogP contribution in [0.15, 0.2) is 24.3 Å². The number of nitrogens with one attached hydrogen (secondary N) is 1. The molecule has 0 aliphatic heterocycles. The monoisotopic (exact) mass is 257 g/mol. The molecule has 2 aliphatic rings. The Bertz CT molecular complexity index is 435. The fourth-order valence-electron chi connectivity index (χ4n) is 3.83. The van der Waals surface area contributed by atoms with Crippen molar-refractivity contribution >= 4 is 0 Å². The zero-order valence-corrected chi connectivity index (χ0v) is 12.4. The lowest BCUT2D eigenvalue weighted by molar-refractivity contribution is 0.229. The van der Waals surface area contributed by atoms with Crippen LogP contribution in [0.2, 0.25) is 0 Å². The summed E-state index contributed by atoms with van der Waals surface area (Å²) in [5.74, 6) is 0.764. The Balaban J connectivity index is 1.94. The second kappa shape index (κ2) is 5.28. The van der Waals surface area contributed by atoms with Crippen molar-refractivity contribution in [2.45, 2.75) is 63.8 Å². The molecule has 3 rings (SSSR count). The summed E-state index contributed by atoms with van der Waals surface area (Å²) in [6.07, 6.45) is 8.04. The van der Waals surface area contributed by atoms with Crippen molar-refractivity contribution in [3.05, 3.63) is 35.4 Å². The lowest BCUT2D eigenvalue weighted by Gasteiger charge is -2.44. The van der Waals surface area contributed by atoms with Gasteiger partial charge in [-0.3, -0.25) is 0 Å². The molecule has 0 radical (unpaired) electrons. The molecule has 104 valence electrons. The number of fused-ring (bicyclic) bond motifs is 1. The van der Waals surface area contributed by atoms with E-state index in [1.54, 1.807) is 11.1 Å². The van der Waals surface area contributed by atoms with Gasteiger partial charge in [0.05, 0.1) is 0 Å². The average Bonchev–Trinajstić information content (AvgIpc) is 3.28. The SMILES string of the molecule is CCC(C)C1(CNC2CC2)CCCc2ccccc21. The van der Waals surface area contributed by atoms with Gasteiger partial charge in [0.2, 0.25) is 0 Å². The molecular formula is C18H27N. The van der Waals surface area contributed by atoms with E-state index in [1.165, 1.54) is 45.1 Å². The minimum Gasteiger partial charge on any atom is -0.313 e. The van der Waals surface area contributed by atoms with E-state index in [1.807, 2.05) is 0 Å². The lowest BCUT2D eigenvalue weighted by atomic mass is 9.62. The van der Waals surface area contributed by atoms with Crippen LogP contribution in [0.25, 0.3) is 0 Å². The highest BCUT2D eigenvalue weighted by Gasteiger charge is 2.41. The lowest BCUT2D eigenvalue weighted by Crippen LogP contribution is -2.46. The molecule has 0 heterocycles. The van der Waals surface area contributed by atoms with Crippen molar-refractivity contribution in [1.29, 1.82) is 0 Å². The third kappa shape index (κ3) is 2.45. The molecule has 0 saturated heterocycles. The first-order chi connectivity index (χ1) is 9.26. The number of aryl methyl sites for hydroxylation is 1. The van der Waals surface area contributed by atoms with E-state index in [9.17, 15) is 0 Å². The molecule has 1 aromatic rings. The van der Waals surface area contributed by atoms with Crippen LogP contribution >= 0.6 is 0 Å². The summed E-state index contributed by atoms with van der Waals surface area (Å²) in [6.45, 7) is 5.99. The van der Waals surface area contributed by atoms with Gasteiger partial charge in [-0.15, -0.1) is 0 Å². The van der Waals surface area contributed by atoms with Crippen molar-refractivity contribution in [2.24, 2.45) is 5.92 Å². The van der Waals surface area contributed by atoms with E-state index >= 15 is 0 Å². The molecule has 0 spiro atoms. The molecule has 1 heteroatoms. The standard InChI is InChI=1S/C18H27N/c1-3-14(2)18(13-19-16-10-11-16)12-6-8-15-7-4-5-9-17(15)18/h4-5,7,9,14,16,19H,3,6,8,10-13H2,1-2H3. The quantitative estimate of drug-likeness (QED) is 0.839. The Morgan fingerprint density at radius 1 is 1.32 bits per heavy atom. The molecular weight excluding hydrogens is 230 g/mol. The zero-order valence-electron chi connectivity index (χ0n) is 12.4. The Hall–Kier alpha value is -0.820. The van der Waals surface area contributed by atoms with Crippen LogP contribution in [0.5, 0.6) is 0 Å². The van der Waals surface area contributed by atoms with Gasteiger partial charge in [-0.25, -0.2) is 0 Å². The van der Waals surface area contributed by atoms with Crippen molar-refractivity contribution in [3.63, 3.8) is 0 Å². The fourth-order valence-corrected chi connectivity index (χ4v) is 3.83. The van der Waals surface area contributed by atoms with Gasteiger partial charge in [-0.1, -0.05) is 44.5 Å². The summed E-state index contributed by atoms with van der Waals surface area (Å²) >= 11 is 0. The van der Waals surface area contributed by atoms with E-state index in [-0.39, 0.29) is 0 Å². The van der Waals surface area contributed by atoms with Crippen LogP contribution in [-0.4, -0.2) is 12.6 Å². The van der Waals surface area contributed by atoms with Crippen LogP contribution < -0.4 is 5.32 Å². The van der Waals surface area contributed by atoms with Gasteiger partial charge < -0.3 is 5.32 Å². The van der Waals surface area contributed by atoms with E-state index in [0.29, 0.717) is 5.41 Å². The predicted molar refractivity (Wildman–Crippen MR) is 81.5 cm³/mol. The van der Waals surface area contributed by atoms with Gasteiger partial charge in [0, 0.05) is 18.0 Å². The molecule has 1 aromatic carbocycles. The minimum atomic E-state index is 0.381. The maximum atomic E-state index is 3.82. The molecule has 1 saturated carbocycles. The van der Waals surface area contributed by atoms with E-state index in [2.05, 4.69) is 43.4 Å². The highest BCUT2D eigenvalue weighted by atomic mass is 15.0. The summed E-state index contributed by atoms with van der Waals surface area (Å²) in [5.41, 5.74) is 3.63. The van der Waals surface area contributed by atoms with E-state index in [0.717, 1.165) is 12.0 Å². The fraction of sp³-hybridized carbons (Fsp3) is 0.667. The van der Waals surface area contributed by atoms with Gasteiger partial charge in [0.25, 0.3) is 0 Å². The first-order valence-corrected chi connectivity index (χ1v) is 8.08. The summed E-state index contributed by atoms with van der Waals surface area (Å²) in [6, 6.07) is 10.0. The third-order valence-electron chi connectivity index (χ3n) is 5.46. The molecule has 2 atom stereocenters. The summed E-state index contributed by atoms with van der Waals surface area (Å²) in [4.78, 5) is 0. The molecule has 1 fully saturated rings. The Labute approximate surface area is 117 Å². The number of hydrogen-bond donors (Lipinski definition) is 1. The maximum absolute atomic E-state index is 3.82. The highest BCUT2D eigenvalue weighted by Crippen LogP contribution is 2.44. The van der Waals surface area contributed by atoms with Crippen LogP contribution in [-0.2, 0) is 11.8 Å². The van der Waals surface area contributed by atoms with Crippen molar-refractivity contribution in [2.75, 3.05) is 6.54 Å².